The zero-order valence-electron chi connectivity index (χ0n) is 20.7. The van der Waals surface area contributed by atoms with Crippen molar-refractivity contribution in [2.45, 2.75) is 52.3 Å². The Labute approximate surface area is 218 Å². The number of rotatable bonds is 10. The number of aromatic hydroxyl groups is 1. The number of ether oxygens (including phenoxy) is 2. The van der Waals surface area contributed by atoms with Crippen molar-refractivity contribution in [3.05, 3.63) is 80.3 Å². The second-order valence-corrected chi connectivity index (χ2v) is 9.32. The number of phenols is 1. The van der Waals surface area contributed by atoms with Crippen LogP contribution in [0.3, 0.4) is 0 Å². The molecule has 0 bridgehead atoms. The second-order valence-electron chi connectivity index (χ2n) is 8.38. The third-order valence-electron chi connectivity index (χ3n) is 5.34. The monoisotopic (exact) mass is 531 g/mol. The molecule has 0 aliphatic heterocycles. The highest BCUT2D eigenvalue weighted by atomic mass is 32.1. The third kappa shape index (κ3) is 8.62. The molecule has 1 N–H and O–H groups in total. The molecule has 3 aromatic rings. The Hall–Kier alpha value is -3.35. The van der Waals surface area contributed by atoms with Crippen molar-refractivity contribution in [1.29, 1.82) is 0 Å². The van der Waals surface area contributed by atoms with E-state index in [-0.39, 0.29) is 5.56 Å². The highest BCUT2D eigenvalue weighted by Gasteiger charge is 2.33. The summed E-state index contributed by atoms with van der Waals surface area (Å²) in [7, 11) is 0. The molecular weight excluding hydrogens is 503 g/mol. The minimum absolute atomic E-state index is 0.249. The number of thiazole rings is 1. The lowest BCUT2D eigenvalue weighted by Gasteiger charge is -2.10. The van der Waals surface area contributed by atoms with Gasteiger partial charge in [0.1, 0.15) is 10.8 Å². The van der Waals surface area contributed by atoms with Crippen LogP contribution in [0.15, 0.2) is 41.8 Å². The van der Waals surface area contributed by atoms with Crippen LogP contribution in [0.25, 0.3) is 0 Å². The van der Waals surface area contributed by atoms with Gasteiger partial charge in [-0.3, -0.25) is 0 Å². The molecule has 0 saturated heterocycles. The summed E-state index contributed by atoms with van der Waals surface area (Å²) in [5, 5.41) is 12.3. The molecule has 2 aromatic carbocycles. The summed E-state index contributed by atoms with van der Waals surface area (Å²) < 4.78 is 51.3. The zero-order chi connectivity index (χ0) is 26.8. The zero-order valence-corrected chi connectivity index (χ0v) is 21.5. The van der Waals surface area contributed by atoms with Gasteiger partial charge in [-0.05, 0) is 68.1 Å². The summed E-state index contributed by atoms with van der Waals surface area (Å²) in [6.45, 7) is 5.06. The van der Waals surface area contributed by atoms with Crippen molar-refractivity contribution in [3.63, 3.8) is 0 Å². The standard InChI is InChI=1S/C28H28F3NO4S/c1-3-4-14-36-27(34)23-10-8-20(7-9-21-11-12-24(33)16-25(21)28(29,30)31)22(15-23)6-5-13-35-17-26-32-19(2)18-37-26/h8,10-12,15-16,18,33H,3-6,13-14,17H2,1-2H3. The fourth-order valence-corrected chi connectivity index (χ4v) is 4.15. The first kappa shape index (κ1) is 28.2. The van der Waals surface area contributed by atoms with E-state index >= 15 is 0 Å². The van der Waals surface area contributed by atoms with Crippen molar-refractivity contribution in [2.75, 3.05) is 13.2 Å². The molecule has 3 rings (SSSR count). The first-order valence-corrected chi connectivity index (χ1v) is 12.8. The topological polar surface area (TPSA) is 68.7 Å². The van der Waals surface area contributed by atoms with Crippen LogP contribution in [0.2, 0.25) is 0 Å². The van der Waals surface area contributed by atoms with Crippen LogP contribution in [-0.4, -0.2) is 29.3 Å². The molecule has 0 radical (unpaired) electrons. The summed E-state index contributed by atoms with van der Waals surface area (Å²) >= 11 is 1.53. The molecule has 0 aliphatic carbocycles. The van der Waals surface area contributed by atoms with Gasteiger partial charge in [0.25, 0.3) is 0 Å². The molecule has 5 nitrogen and oxygen atoms in total. The molecule has 0 atom stereocenters. The van der Waals surface area contributed by atoms with Crippen LogP contribution < -0.4 is 0 Å². The normalized spacial score (nSPS) is 11.2. The maximum atomic E-state index is 13.4. The summed E-state index contributed by atoms with van der Waals surface area (Å²) in [6.07, 6.45) is -1.90. The Balaban J connectivity index is 1.79. The van der Waals surface area contributed by atoms with Gasteiger partial charge in [-0.2, -0.15) is 13.2 Å². The van der Waals surface area contributed by atoms with E-state index in [4.69, 9.17) is 9.47 Å². The Morgan fingerprint density at radius 2 is 1.84 bits per heavy atom. The number of hydrogen-bond donors (Lipinski definition) is 1. The molecule has 0 aliphatic rings. The van der Waals surface area contributed by atoms with Crippen molar-refractivity contribution in [1.82, 2.24) is 4.98 Å². The van der Waals surface area contributed by atoms with Crippen LogP contribution in [0.1, 0.15) is 69.5 Å². The van der Waals surface area contributed by atoms with Gasteiger partial charge in [-0.25, -0.2) is 9.78 Å². The number of phenolic OH excluding ortho intramolecular Hbond substituents is 1. The lowest BCUT2D eigenvalue weighted by atomic mass is 9.99. The third-order valence-corrected chi connectivity index (χ3v) is 6.28. The predicted octanol–water partition coefficient (Wildman–Crippen LogP) is 6.68. The molecule has 1 heterocycles. The molecule has 1 aromatic heterocycles. The number of unbranched alkanes of at least 4 members (excludes halogenated alkanes) is 1. The van der Waals surface area contributed by atoms with Crippen molar-refractivity contribution in [3.8, 4) is 17.6 Å². The van der Waals surface area contributed by atoms with E-state index in [1.807, 2.05) is 19.2 Å². The van der Waals surface area contributed by atoms with Gasteiger partial charge in [0.15, 0.2) is 0 Å². The smallest absolute Gasteiger partial charge is 0.417 e. The van der Waals surface area contributed by atoms with Gasteiger partial charge in [0.05, 0.1) is 24.3 Å². The lowest BCUT2D eigenvalue weighted by molar-refractivity contribution is -0.137. The van der Waals surface area contributed by atoms with E-state index in [0.717, 1.165) is 35.7 Å². The van der Waals surface area contributed by atoms with E-state index < -0.39 is 23.5 Å². The summed E-state index contributed by atoms with van der Waals surface area (Å²) in [5.41, 5.74) is 1.25. The molecular formula is C28H28F3NO4S. The minimum Gasteiger partial charge on any atom is -0.508 e. The van der Waals surface area contributed by atoms with Crippen molar-refractivity contribution in [2.24, 2.45) is 0 Å². The van der Waals surface area contributed by atoms with Gasteiger partial charge in [0, 0.05) is 28.8 Å². The van der Waals surface area contributed by atoms with E-state index in [1.165, 1.54) is 11.3 Å². The number of alkyl halides is 3. The largest absolute Gasteiger partial charge is 0.508 e. The van der Waals surface area contributed by atoms with Gasteiger partial charge in [0.2, 0.25) is 0 Å². The highest BCUT2D eigenvalue weighted by molar-refractivity contribution is 7.09. The second kappa shape index (κ2) is 13.3. The number of halogens is 3. The fraction of sp³-hybridized carbons (Fsp3) is 0.357. The lowest BCUT2D eigenvalue weighted by Crippen LogP contribution is -2.08. The highest BCUT2D eigenvalue weighted by Crippen LogP contribution is 2.34. The number of nitrogens with zero attached hydrogens (tertiary/aromatic N) is 1. The molecule has 0 unspecified atom stereocenters. The summed E-state index contributed by atoms with van der Waals surface area (Å²) in [4.78, 5) is 16.8. The van der Waals surface area contributed by atoms with Crippen molar-refractivity contribution >= 4 is 17.3 Å². The molecule has 0 fully saturated rings. The maximum absolute atomic E-state index is 13.4. The van der Waals surface area contributed by atoms with E-state index in [9.17, 15) is 23.1 Å². The first-order chi connectivity index (χ1) is 17.7. The molecule has 0 saturated carbocycles. The molecule has 9 heteroatoms. The Kier molecular flexibility index (Phi) is 10.1. The predicted molar refractivity (Wildman–Crippen MR) is 136 cm³/mol. The average Bonchev–Trinajstić information content (AvgIpc) is 3.27. The van der Waals surface area contributed by atoms with E-state index in [2.05, 4.69) is 16.8 Å². The average molecular weight is 532 g/mol. The fourth-order valence-electron chi connectivity index (χ4n) is 3.45. The van der Waals surface area contributed by atoms with Crippen molar-refractivity contribution < 1.29 is 32.5 Å². The van der Waals surface area contributed by atoms with Crippen LogP contribution in [0, 0.1) is 18.8 Å². The number of aryl methyl sites for hydroxylation is 2. The molecule has 0 spiro atoms. The number of hydrogen-bond acceptors (Lipinski definition) is 6. The molecule has 196 valence electrons. The summed E-state index contributed by atoms with van der Waals surface area (Å²) in [6, 6.07) is 7.80. The quantitative estimate of drug-likeness (QED) is 0.180. The van der Waals surface area contributed by atoms with Crippen LogP contribution in [0.5, 0.6) is 5.75 Å². The van der Waals surface area contributed by atoms with E-state index in [1.54, 1.807) is 18.2 Å². The number of aromatic nitrogens is 1. The summed E-state index contributed by atoms with van der Waals surface area (Å²) in [5.74, 6) is 4.46. The van der Waals surface area contributed by atoms with Gasteiger partial charge < -0.3 is 14.6 Å². The number of carbonyl (C=O) groups is 1. The van der Waals surface area contributed by atoms with Gasteiger partial charge in [-0.15, -0.1) is 11.3 Å². The van der Waals surface area contributed by atoms with Crippen LogP contribution in [0.4, 0.5) is 13.2 Å². The van der Waals surface area contributed by atoms with Gasteiger partial charge in [-0.1, -0.05) is 25.2 Å². The molecule has 37 heavy (non-hydrogen) atoms. The van der Waals surface area contributed by atoms with Crippen LogP contribution in [-0.2, 0) is 28.7 Å². The SMILES string of the molecule is CCCCOC(=O)c1ccc(C#Cc2ccc(O)cc2C(F)(F)F)c(CCCOCc2nc(C)cs2)c1. The Bertz CT molecular complexity index is 1270. The number of benzene rings is 2. The number of esters is 1. The van der Waals surface area contributed by atoms with E-state index in [0.29, 0.717) is 55.4 Å². The molecule has 0 amide bonds. The minimum atomic E-state index is -4.66. The van der Waals surface area contributed by atoms with Gasteiger partial charge >= 0.3 is 12.1 Å². The number of carbonyl (C=O) groups excluding carboxylic acids is 1. The van der Waals surface area contributed by atoms with Crippen LogP contribution >= 0.6 is 11.3 Å². The first-order valence-electron chi connectivity index (χ1n) is 11.9. The Morgan fingerprint density at radius 3 is 2.54 bits per heavy atom. The maximum Gasteiger partial charge on any atom is 0.417 e. The Morgan fingerprint density at radius 1 is 1.08 bits per heavy atom.